The Morgan fingerprint density at radius 2 is 2.20 bits per heavy atom. The smallest absolute Gasteiger partial charge is 0.237 e. The minimum Gasteiger partial charge on any atom is -0.334 e. The van der Waals surface area contributed by atoms with Crippen LogP contribution < -0.4 is 0 Å². The largest absolute Gasteiger partial charge is 0.334 e. The van der Waals surface area contributed by atoms with Gasteiger partial charge >= 0.3 is 0 Å². The first-order valence-corrected chi connectivity index (χ1v) is 8.67. The fraction of sp³-hybridized carbons (Fsp3) is 0.688. The van der Waals surface area contributed by atoms with Gasteiger partial charge in [-0.05, 0) is 49.6 Å². The van der Waals surface area contributed by atoms with E-state index in [1.165, 1.54) is 17.7 Å². The van der Waals surface area contributed by atoms with Crippen molar-refractivity contribution in [1.29, 1.82) is 0 Å². The van der Waals surface area contributed by atoms with Crippen LogP contribution in [0.2, 0.25) is 0 Å². The van der Waals surface area contributed by atoms with Crippen molar-refractivity contribution < 1.29 is 4.79 Å². The molecule has 0 N–H and O–H groups in total. The number of amides is 1. The van der Waals surface area contributed by atoms with E-state index in [2.05, 4.69) is 34.2 Å². The second-order valence-electron chi connectivity index (χ2n) is 6.24. The van der Waals surface area contributed by atoms with Gasteiger partial charge in [0.1, 0.15) is 0 Å². The van der Waals surface area contributed by atoms with Crippen LogP contribution in [0.25, 0.3) is 0 Å². The van der Waals surface area contributed by atoms with E-state index in [9.17, 15) is 4.79 Å². The van der Waals surface area contributed by atoms with Gasteiger partial charge in [0.15, 0.2) is 0 Å². The minimum absolute atomic E-state index is 0.329. The van der Waals surface area contributed by atoms with Crippen LogP contribution in [0.4, 0.5) is 0 Å². The van der Waals surface area contributed by atoms with Gasteiger partial charge in [0.2, 0.25) is 5.91 Å². The summed E-state index contributed by atoms with van der Waals surface area (Å²) in [5.74, 6) is 1.07. The summed E-state index contributed by atoms with van der Waals surface area (Å²) in [6, 6.07) is 4.60. The summed E-state index contributed by atoms with van der Waals surface area (Å²) in [7, 11) is 0. The molecule has 110 valence electrons. The SMILES string of the molecule is CC1CCCN(CC(=O)N2CCCC2c2cccs2)C1. The van der Waals surface area contributed by atoms with E-state index >= 15 is 0 Å². The molecule has 0 spiro atoms. The summed E-state index contributed by atoms with van der Waals surface area (Å²) in [6.07, 6.45) is 4.82. The summed E-state index contributed by atoms with van der Waals surface area (Å²) >= 11 is 1.78. The van der Waals surface area contributed by atoms with Crippen LogP contribution in [0.15, 0.2) is 17.5 Å². The number of piperidine rings is 1. The van der Waals surface area contributed by atoms with Crippen molar-refractivity contribution >= 4 is 17.2 Å². The van der Waals surface area contributed by atoms with E-state index in [1.54, 1.807) is 11.3 Å². The Balaban J connectivity index is 1.61. The molecule has 1 aromatic rings. The molecule has 0 bridgehead atoms. The highest BCUT2D eigenvalue weighted by Gasteiger charge is 2.31. The number of thiophene rings is 1. The van der Waals surface area contributed by atoms with Crippen LogP contribution in [-0.2, 0) is 4.79 Å². The second-order valence-corrected chi connectivity index (χ2v) is 7.22. The number of rotatable bonds is 3. The number of carbonyl (C=O) groups is 1. The van der Waals surface area contributed by atoms with Gasteiger partial charge in [-0.3, -0.25) is 9.69 Å². The van der Waals surface area contributed by atoms with Gasteiger partial charge in [-0.1, -0.05) is 13.0 Å². The Kier molecular flexibility index (Phi) is 4.41. The summed E-state index contributed by atoms with van der Waals surface area (Å²) < 4.78 is 0. The van der Waals surface area contributed by atoms with Crippen LogP contribution in [-0.4, -0.2) is 41.9 Å². The number of likely N-dealkylation sites (tertiary alicyclic amines) is 2. The normalized spacial score (nSPS) is 27.9. The Morgan fingerprint density at radius 3 is 2.95 bits per heavy atom. The maximum atomic E-state index is 12.6. The lowest BCUT2D eigenvalue weighted by Gasteiger charge is -2.32. The van der Waals surface area contributed by atoms with Crippen molar-refractivity contribution in [2.75, 3.05) is 26.2 Å². The molecule has 0 radical (unpaired) electrons. The van der Waals surface area contributed by atoms with Crippen molar-refractivity contribution in [3.8, 4) is 0 Å². The Hall–Kier alpha value is -0.870. The van der Waals surface area contributed by atoms with Crippen LogP contribution in [0.1, 0.15) is 43.5 Å². The van der Waals surface area contributed by atoms with Crippen LogP contribution in [0.3, 0.4) is 0 Å². The standard InChI is InChI=1S/C16H24N2OS/c1-13-5-2-8-17(11-13)12-16(19)18-9-3-6-14(18)15-7-4-10-20-15/h4,7,10,13-14H,2-3,5-6,8-9,11-12H2,1H3. The topological polar surface area (TPSA) is 23.6 Å². The molecule has 20 heavy (non-hydrogen) atoms. The molecule has 2 unspecified atom stereocenters. The molecule has 3 nitrogen and oxygen atoms in total. The molecular weight excluding hydrogens is 268 g/mol. The molecule has 2 aliphatic rings. The van der Waals surface area contributed by atoms with E-state index in [-0.39, 0.29) is 0 Å². The zero-order valence-corrected chi connectivity index (χ0v) is 13.1. The third kappa shape index (κ3) is 3.07. The molecule has 1 amide bonds. The Labute approximate surface area is 125 Å². The minimum atomic E-state index is 0.329. The first kappa shape index (κ1) is 14.1. The third-order valence-corrected chi connectivity index (χ3v) is 5.52. The van der Waals surface area contributed by atoms with Crippen LogP contribution >= 0.6 is 11.3 Å². The van der Waals surface area contributed by atoms with Crippen molar-refractivity contribution in [1.82, 2.24) is 9.80 Å². The number of hydrogen-bond acceptors (Lipinski definition) is 3. The summed E-state index contributed by atoms with van der Waals surface area (Å²) in [4.78, 5) is 18.4. The highest BCUT2D eigenvalue weighted by molar-refractivity contribution is 7.10. The number of carbonyl (C=O) groups excluding carboxylic acids is 1. The van der Waals surface area contributed by atoms with Gasteiger partial charge in [-0.15, -0.1) is 11.3 Å². The van der Waals surface area contributed by atoms with E-state index in [1.807, 2.05) is 0 Å². The molecular formula is C16H24N2OS. The summed E-state index contributed by atoms with van der Waals surface area (Å²) in [5, 5.41) is 2.11. The fourth-order valence-electron chi connectivity index (χ4n) is 3.55. The van der Waals surface area contributed by atoms with Gasteiger partial charge in [0.05, 0.1) is 12.6 Å². The molecule has 3 heterocycles. The summed E-state index contributed by atoms with van der Waals surface area (Å²) in [5.41, 5.74) is 0. The predicted octanol–water partition coefficient (Wildman–Crippen LogP) is 3.14. The van der Waals surface area contributed by atoms with E-state index in [0.29, 0.717) is 18.5 Å². The average molecular weight is 292 g/mol. The Bertz CT molecular complexity index is 445. The highest BCUT2D eigenvalue weighted by atomic mass is 32.1. The molecule has 2 saturated heterocycles. The lowest BCUT2D eigenvalue weighted by Crippen LogP contribution is -2.43. The molecule has 3 rings (SSSR count). The summed E-state index contributed by atoms with van der Waals surface area (Å²) in [6.45, 7) is 6.02. The second kappa shape index (κ2) is 6.27. The van der Waals surface area contributed by atoms with Gasteiger partial charge < -0.3 is 4.90 Å². The maximum absolute atomic E-state index is 12.6. The van der Waals surface area contributed by atoms with Gasteiger partial charge in [-0.2, -0.15) is 0 Å². The molecule has 0 aliphatic carbocycles. The Morgan fingerprint density at radius 1 is 1.35 bits per heavy atom. The fourth-order valence-corrected chi connectivity index (χ4v) is 4.43. The van der Waals surface area contributed by atoms with Crippen molar-refractivity contribution in [2.45, 2.75) is 38.6 Å². The van der Waals surface area contributed by atoms with E-state index in [0.717, 1.165) is 38.4 Å². The monoisotopic (exact) mass is 292 g/mol. The zero-order valence-electron chi connectivity index (χ0n) is 12.3. The molecule has 4 heteroatoms. The number of nitrogens with zero attached hydrogens (tertiary/aromatic N) is 2. The molecule has 2 fully saturated rings. The number of hydrogen-bond donors (Lipinski definition) is 0. The van der Waals surface area contributed by atoms with E-state index < -0.39 is 0 Å². The molecule has 0 saturated carbocycles. The first-order chi connectivity index (χ1) is 9.74. The maximum Gasteiger partial charge on any atom is 0.237 e. The van der Waals surface area contributed by atoms with Gasteiger partial charge in [0, 0.05) is 18.0 Å². The van der Waals surface area contributed by atoms with Gasteiger partial charge in [-0.25, -0.2) is 0 Å². The highest BCUT2D eigenvalue weighted by Crippen LogP contribution is 2.34. The molecule has 0 aromatic carbocycles. The van der Waals surface area contributed by atoms with Crippen molar-refractivity contribution in [3.63, 3.8) is 0 Å². The third-order valence-electron chi connectivity index (χ3n) is 4.54. The zero-order chi connectivity index (χ0) is 13.9. The lowest BCUT2D eigenvalue weighted by molar-refractivity contribution is -0.133. The lowest BCUT2D eigenvalue weighted by atomic mass is 10.0. The van der Waals surface area contributed by atoms with E-state index in [4.69, 9.17) is 0 Å². The first-order valence-electron chi connectivity index (χ1n) is 7.79. The van der Waals surface area contributed by atoms with Gasteiger partial charge in [0.25, 0.3) is 0 Å². The van der Waals surface area contributed by atoms with Crippen molar-refractivity contribution in [2.24, 2.45) is 5.92 Å². The molecule has 2 aliphatic heterocycles. The predicted molar refractivity (Wildman–Crippen MR) is 82.8 cm³/mol. The molecule has 1 aromatic heterocycles. The van der Waals surface area contributed by atoms with Crippen LogP contribution in [0.5, 0.6) is 0 Å². The van der Waals surface area contributed by atoms with Crippen LogP contribution in [0, 0.1) is 5.92 Å². The molecule has 2 atom stereocenters. The van der Waals surface area contributed by atoms with Crippen molar-refractivity contribution in [3.05, 3.63) is 22.4 Å². The average Bonchev–Trinajstić information content (AvgIpc) is 3.09. The quantitative estimate of drug-likeness (QED) is 0.854.